The molecule has 28 heavy (non-hydrogen) atoms. The number of aromatic nitrogens is 1. The van der Waals surface area contributed by atoms with Gasteiger partial charge in [0.05, 0.1) is 5.69 Å². The monoisotopic (exact) mass is 396 g/mol. The Morgan fingerprint density at radius 1 is 1.36 bits per heavy atom. The van der Waals surface area contributed by atoms with E-state index in [2.05, 4.69) is 29.1 Å². The van der Waals surface area contributed by atoms with E-state index >= 15 is 0 Å². The van der Waals surface area contributed by atoms with Crippen molar-refractivity contribution in [2.75, 3.05) is 6.54 Å². The first kappa shape index (κ1) is 20.1. The van der Waals surface area contributed by atoms with Crippen LogP contribution in [0, 0.1) is 5.92 Å². The highest BCUT2D eigenvalue weighted by Crippen LogP contribution is 2.36. The lowest BCUT2D eigenvalue weighted by Gasteiger charge is -2.38. The first-order valence-electron chi connectivity index (χ1n) is 9.36. The minimum Gasteiger partial charge on any atom is -0.369 e. The lowest BCUT2D eigenvalue weighted by Crippen LogP contribution is -2.57. The summed E-state index contributed by atoms with van der Waals surface area (Å²) in [5.41, 5.74) is 7.17. The van der Waals surface area contributed by atoms with Gasteiger partial charge in [-0.15, -0.1) is 0 Å². The molecule has 0 saturated heterocycles. The van der Waals surface area contributed by atoms with E-state index in [4.69, 9.17) is 17.3 Å². The zero-order valence-corrected chi connectivity index (χ0v) is 17.1. The molecule has 3 rings (SSSR count). The lowest BCUT2D eigenvalue weighted by molar-refractivity contribution is -0.122. The molecular weight excluding hydrogens is 372 g/mol. The van der Waals surface area contributed by atoms with Crippen LogP contribution in [-0.4, -0.2) is 29.3 Å². The molecule has 6 heteroatoms. The highest BCUT2D eigenvalue weighted by atomic mass is 35.5. The van der Waals surface area contributed by atoms with Crippen LogP contribution in [0.5, 0.6) is 0 Å². The number of hydrogen-bond acceptors (Lipinski definition) is 3. The van der Waals surface area contributed by atoms with Crippen LogP contribution in [0.25, 0.3) is 11.3 Å². The Bertz CT molecular complexity index is 923. The summed E-state index contributed by atoms with van der Waals surface area (Å²) in [6.07, 6.45) is 5.40. The zero-order chi connectivity index (χ0) is 20.3. The lowest BCUT2D eigenvalue weighted by atomic mass is 9.71. The summed E-state index contributed by atoms with van der Waals surface area (Å²) in [5.74, 6) is 0.788. The zero-order valence-electron chi connectivity index (χ0n) is 16.3. The molecule has 1 aliphatic rings. The number of aliphatic imine (C=N–C) groups is 1. The Morgan fingerprint density at radius 2 is 2.14 bits per heavy atom. The molecule has 0 radical (unpaired) electrons. The standard InChI is InChI=1S/C22H25ClN4O/c1-14(2)13-26-20-9-10-22(21(24)28,15(3)27-20)16-7-8-18(23)17(12-16)19-6-4-5-11-25-19/h4-12,14-15H,13H2,1-3H3,(H2,24,28)(H,26,27). The van der Waals surface area contributed by atoms with E-state index in [1.165, 1.54) is 0 Å². The first-order chi connectivity index (χ1) is 13.3. The molecule has 2 aromatic rings. The van der Waals surface area contributed by atoms with E-state index in [9.17, 15) is 4.79 Å². The Balaban J connectivity index is 2.08. The number of carbonyl (C=O) groups is 1. The average molecular weight is 397 g/mol. The second kappa shape index (κ2) is 8.15. The number of amidine groups is 1. The number of nitrogens with one attached hydrogen (secondary N) is 1. The van der Waals surface area contributed by atoms with Crippen molar-refractivity contribution in [1.82, 2.24) is 10.3 Å². The third kappa shape index (κ3) is 3.80. The van der Waals surface area contributed by atoms with Gasteiger partial charge in [0.2, 0.25) is 5.91 Å². The predicted molar refractivity (Wildman–Crippen MR) is 114 cm³/mol. The number of pyridine rings is 1. The first-order valence-corrected chi connectivity index (χ1v) is 9.74. The molecule has 1 aliphatic heterocycles. The van der Waals surface area contributed by atoms with Gasteiger partial charge in [-0.3, -0.25) is 14.8 Å². The molecule has 3 N–H and O–H groups in total. The number of rotatable bonds is 5. The number of nitrogens with two attached hydrogens (primary N) is 1. The summed E-state index contributed by atoms with van der Waals surface area (Å²) in [6.45, 7) is 6.88. The maximum absolute atomic E-state index is 12.6. The fourth-order valence-corrected chi connectivity index (χ4v) is 3.62. The van der Waals surface area contributed by atoms with Crippen LogP contribution in [-0.2, 0) is 10.2 Å². The van der Waals surface area contributed by atoms with Crippen molar-refractivity contribution in [3.8, 4) is 11.3 Å². The van der Waals surface area contributed by atoms with Crippen molar-refractivity contribution in [2.45, 2.75) is 32.2 Å². The maximum Gasteiger partial charge on any atom is 0.234 e. The SMILES string of the molecule is CC(C)CN=C1C=CC(C(N)=O)(c2ccc(Cl)c(-c3ccccn3)c2)C(C)N1. The van der Waals surface area contributed by atoms with Crippen molar-refractivity contribution in [2.24, 2.45) is 16.6 Å². The van der Waals surface area contributed by atoms with Gasteiger partial charge in [-0.25, -0.2) is 0 Å². The highest BCUT2D eigenvalue weighted by molar-refractivity contribution is 6.33. The molecule has 5 nitrogen and oxygen atoms in total. The van der Waals surface area contributed by atoms with Gasteiger partial charge >= 0.3 is 0 Å². The van der Waals surface area contributed by atoms with E-state index in [0.717, 1.165) is 22.7 Å². The fraction of sp³-hybridized carbons (Fsp3) is 0.318. The molecule has 1 aromatic heterocycles. The van der Waals surface area contributed by atoms with E-state index in [1.807, 2.05) is 49.4 Å². The summed E-state index contributed by atoms with van der Waals surface area (Å²) >= 11 is 6.42. The number of halogens is 1. The van der Waals surface area contributed by atoms with Gasteiger partial charge in [-0.1, -0.05) is 43.7 Å². The van der Waals surface area contributed by atoms with Gasteiger partial charge < -0.3 is 11.1 Å². The number of nitrogens with zero attached hydrogens (tertiary/aromatic N) is 2. The van der Waals surface area contributed by atoms with Gasteiger partial charge in [0.25, 0.3) is 0 Å². The Morgan fingerprint density at radius 3 is 2.75 bits per heavy atom. The molecule has 0 fully saturated rings. The molecule has 1 aromatic carbocycles. The molecule has 146 valence electrons. The summed E-state index contributed by atoms with van der Waals surface area (Å²) < 4.78 is 0. The van der Waals surface area contributed by atoms with Gasteiger partial charge in [-0.05, 0) is 48.7 Å². The van der Waals surface area contributed by atoms with Crippen molar-refractivity contribution < 1.29 is 4.79 Å². The van der Waals surface area contributed by atoms with Crippen molar-refractivity contribution >= 4 is 23.3 Å². The van der Waals surface area contributed by atoms with E-state index in [0.29, 0.717) is 17.5 Å². The van der Waals surface area contributed by atoms with Crippen LogP contribution in [0.1, 0.15) is 26.3 Å². The quantitative estimate of drug-likeness (QED) is 0.808. The van der Waals surface area contributed by atoms with Crippen LogP contribution in [0.3, 0.4) is 0 Å². The molecule has 2 unspecified atom stereocenters. The second-order valence-corrected chi connectivity index (χ2v) is 7.87. The third-order valence-electron chi connectivity index (χ3n) is 4.97. The normalized spacial score (nSPS) is 23.0. The van der Waals surface area contributed by atoms with Crippen molar-refractivity contribution in [3.63, 3.8) is 0 Å². The van der Waals surface area contributed by atoms with Crippen LogP contribution in [0.2, 0.25) is 5.02 Å². The van der Waals surface area contributed by atoms with Gasteiger partial charge in [-0.2, -0.15) is 0 Å². The average Bonchev–Trinajstić information content (AvgIpc) is 2.67. The van der Waals surface area contributed by atoms with E-state index in [1.54, 1.807) is 12.3 Å². The Labute approximate surface area is 170 Å². The summed E-state index contributed by atoms with van der Waals surface area (Å²) in [6, 6.07) is 10.9. The minimum atomic E-state index is -1.01. The van der Waals surface area contributed by atoms with Crippen molar-refractivity contribution in [1.29, 1.82) is 0 Å². The molecule has 0 aliphatic carbocycles. The number of carbonyl (C=O) groups excluding carboxylic acids is 1. The third-order valence-corrected chi connectivity index (χ3v) is 5.30. The van der Waals surface area contributed by atoms with Crippen LogP contribution >= 0.6 is 11.6 Å². The van der Waals surface area contributed by atoms with Crippen LogP contribution < -0.4 is 11.1 Å². The highest BCUT2D eigenvalue weighted by Gasteiger charge is 2.44. The maximum atomic E-state index is 12.6. The summed E-state index contributed by atoms with van der Waals surface area (Å²) in [7, 11) is 0. The minimum absolute atomic E-state index is 0.265. The Hall–Kier alpha value is -2.66. The summed E-state index contributed by atoms with van der Waals surface area (Å²) in [4.78, 5) is 21.6. The number of hydrogen-bond donors (Lipinski definition) is 2. The molecule has 0 spiro atoms. The van der Waals surface area contributed by atoms with E-state index < -0.39 is 11.3 Å². The predicted octanol–water partition coefficient (Wildman–Crippen LogP) is 3.73. The molecule has 0 saturated carbocycles. The second-order valence-electron chi connectivity index (χ2n) is 7.46. The fourth-order valence-electron chi connectivity index (χ4n) is 3.40. The number of amides is 1. The van der Waals surface area contributed by atoms with Gasteiger partial charge in [0.1, 0.15) is 11.3 Å². The molecule has 2 atom stereocenters. The van der Waals surface area contributed by atoms with Crippen LogP contribution in [0.4, 0.5) is 0 Å². The van der Waals surface area contributed by atoms with Crippen LogP contribution in [0.15, 0.2) is 59.7 Å². The molecule has 2 heterocycles. The molecule has 1 amide bonds. The molecule has 0 bridgehead atoms. The number of primary amides is 1. The largest absolute Gasteiger partial charge is 0.369 e. The topological polar surface area (TPSA) is 80.4 Å². The van der Waals surface area contributed by atoms with E-state index in [-0.39, 0.29) is 6.04 Å². The van der Waals surface area contributed by atoms with Gasteiger partial charge in [0.15, 0.2) is 0 Å². The Kier molecular flexibility index (Phi) is 5.84. The number of benzene rings is 1. The molecular formula is C22H25ClN4O. The smallest absolute Gasteiger partial charge is 0.234 e. The van der Waals surface area contributed by atoms with Crippen molar-refractivity contribution in [3.05, 3.63) is 65.3 Å². The summed E-state index contributed by atoms with van der Waals surface area (Å²) in [5, 5.41) is 3.90. The van der Waals surface area contributed by atoms with Gasteiger partial charge in [0, 0.05) is 29.4 Å².